The molecule has 1 amide bonds. The Balaban J connectivity index is 0.00000200. The summed E-state index contributed by atoms with van der Waals surface area (Å²) in [6, 6.07) is 4.54. The molecule has 0 bridgehead atoms. The molecule has 3 nitrogen and oxygen atoms in total. The van der Waals surface area contributed by atoms with Crippen molar-refractivity contribution in [3.63, 3.8) is 0 Å². The second kappa shape index (κ2) is 7.38. The molecule has 0 aliphatic carbocycles. The van der Waals surface area contributed by atoms with Crippen molar-refractivity contribution in [2.24, 2.45) is 5.41 Å². The summed E-state index contributed by atoms with van der Waals surface area (Å²) < 4.78 is 14.1. The molecule has 1 aliphatic rings. The van der Waals surface area contributed by atoms with Crippen molar-refractivity contribution >= 4 is 34.2 Å². The highest BCUT2D eigenvalue weighted by atomic mass is 79.9. The van der Waals surface area contributed by atoms with Crippen LogP contribution in [0.3, 0.4) is 0 Å². The van der Waals surface area contributed by atoms with Gasteiger partial charge in [0.25, 0.3) is 5.91 Å². The van der Waals surface area contributed by atoms with Crippen molar-refractivity contribution in [1.29, 1.82) is 0 Å². The summed E-state index contributed by atoms with van der Waals surface area (Å²) in [5, 5.41) is 6.17. The predicted octanol–water partition coefficient (Wildman–Crippen LogP) is 3.13. The summed E-state index contributed by atoms with van der Waals surface area (Å²) in [4.78, 5) is 12.1. The van der Waals surface area contributed by atoms with Crippen LogP contribution in [0.5, 0.6) is 0 Å². The summed E-state index contributed by atoms with van der Waals surface area (Å²) in [5.74, 6) is -0.865. The van der Waals surface area contributed by atoms with Gasteiger partial charge in [-0.3, -0.25) is 4.79 Å². The molecule has 0 aromatic heterocycles. The minimum atomic E-state index is -0.501. The van der Waals surface area contributed by atoms with Gasteiger partial charge in [-0.15, -0.1) is 12.4 Å². The van der Waals surface area contributed by atoms with Crippen LogP contribution in [0.4, 0.5) is 4.39 Å². The van der Waals surface area contributed by atoms with Gasteiger partial charge < -0.3 is 10.6 Å². The number of hydrogen-bond donors (Lipinski definition) is 2. The number of piperidine rings is 1. The monoisotopic (exact) mass is 364 g/mol. The first kappa shape index (κ1) is 17.4. The number of carbonyl (C=O) groups is 1. The van der Waals surface area contributed by atoms with Gasteiger partial charge >= 0.3 is 0 Å². The largest absolute Gasteiger partial charge is 0.351 e. The number of carbonyl (C=O) groups excluding carboxylic acids is 1. The molecule has 0 radical (unpaired) electrons. The van der Waals surface area contributed by atoms with Gasteiger partial charge in [0.1, 0.15) is 5.82 Å². The lowest BCUT2D eigenvalue weighted by Crippen LogP contribution is -2.45. The van der Waals surface area contributed by atoms with Crippen LogP contribution < -0.4 is 10.6 Å². The normalized spacial score (nSPS) is 21.9. The molecular weight excluding hydrogens is 347 g/mol. The fraction of sp³-hybridized carbons (Fsp3) is 0.500. The number of rotatable bonds is 3. The third-order valence-electron chi connectivity index (χ3n) is 3.55. The molecule has 2 N–H and O–H groups in total. The highest BCUT2D eigenvalue weighted by molar-refractivity contribution is 9.10. The van der Waals surface area contributed by atoms with E-state index in [1.165, 1.54) is 6.07 Å². The molecule has 20 heavy (non-hydrogen) atoms. The van der Waals surface area contributed by atoms with Crippen LogP contribution in [-0.2, 0) is 0 Å². The van der Waals surface area contributed by atoms with Gasteiger partial charge in [-0.2, -0.15) is 0 Å². The van der Waals surface area contributed by atoms with Crippen LogP contribution in [-0.4, -0.2) is 25.5 Å². The second-order valence-electron chi connectivity index (χ2n) is 5.37. The van der Waals surface area contributed by atoms with E-state index in [0.29, 0.717) is 11.0 Å². The molecule has 1 fully saturated rings. The molecule has 1 saturated heterocycles. The number of amides is 1. The number of halogens is 3. The van der Waals surface area contributed by atoms with E-state index in [4.69, 9.17) is 0 Å². The Morgan fingerprint density at radius 1 is 1.55 bits per heavy atom. The van der Waals surface area contributed by atoms with Gasteiger partial charge in [0.05, 0.1) is 5.56 Å². The van der Waals surface area contributed by atoms with Crippen molar-refractivity contribution in [2.45, 2.75) is 19.8 Å². The predicted molar refractivity (Wildman–Crippen MR) is 83.9 cm³/mol. The van der Waals surface area contributed by atoms with E-state index in [2.05, 4.69) is 33.5 Å². The van der Waals surface area contributed by atoms with Crippen molar-refractivity contribution in [3.8, 4) is 0 Å². The maximum absolute atomic E-state index is 13.7. The maximum atomic E-state index is 13.7. The van der Waals surface area contributed by atoms with Crippen molar-refractivity contribution in [2.75, 3.05) is 19.6 Å². The fourth-order valence-electron chi connectivity index (χ4n) is 2.37. The molecule has 1 atom stereocenters. The van der Waals surface area contributed by atoms with Gasteiger partial charge in [-0.25, -0.2) is 4.39 Å². The van der Waals surface area contributed by atoms with Crippen LogP contribution >= 0.6 is 28.3 Å². The first-order chi connectivity index (χ1) is 9.02. The summed E-state index contributed by atoms with van der Waals surface area (Å²) >= 11 is 3.21. The van der Waals surface area contributed by atoms with Crippen LogP contribution in [0.15, 0.2) is 22.7 Å². The average molecular weight is 366 g/mol. The van der Waals surface area contributed by atoms with Gasteiger partial charge in [0.15, 0.2) is 0 Å². The molecule has 2 rings (SSSR count). The quantitative estimate of drug-likeness (QED) is 0.864. The molecule has 1 aliphatic heterocycles. The molecule has 6 heteroatoms. The Kier molecular flexibility index (Phi) is 6.43. The Bertz CT molecular complexity index is 458. The number of hydrogen-bond acceptors (Lipinski definition) is 2. The number of benzene rings is 1. The SMILES string of the molecule is CC1(CNC(=O)c2c(F)cccc2Br)CCCNC1.Cl. The van der Waals surface area contributed by atoms with Gasteiger partial charge in [0.2, 0.25) is 0 Å². The molecule has 1 unspecified atom stereocenters. The Hall–Kier alpha value is -0.650. The first-order valence-corrected chi connectivity index (χ1v) is 7.24. The van der Waals surface area contributed by atoms with E-state index < -0.39 is 5.82 Å². The standard InChI is InChI=1S/C14H18BrFN2O.ClH/c1-14(6-3-7-17-8-14)9-18-13(19)12-10(15)4-2-5-11(12)16;/h2,4-5,17H,3,6-9H2,1H3,(H,18,19);1H. The van der Waals surface area contributed by atoms with Crippen LogP contribution in [0, 0.1) is 11.2 Å². The molecular formula is C14H19BrClFN2O. The molecule has 1 aromatic rings. The van der Waals surface area contributed by atoms with E-state index in [9.17, 15) is 9.18 Å². The van der Waals surface area contributed by atoms with E-state index in [0.717, 1.165) is 25.9 Å². The summed E-state index contributed by atoms with van der Waals surface area (Å²) in [6.07, 6.45) is 2.18. The highest BCUT2D eigenvalue weighted by Crippen LogP contribution is 2.25. The van der Waals surface area contributed by atoms with Crippen LogP contribution in [0.25, 0.3) is 0 Å². The zero-order chi connectivity index (χ0) is 13.9. The second-order valence-corrected chi connectivity index (χ2v) is 6.22. The minimum absolute atomic E-state index is 0. The fourth-order valence-corrected chi connectivity index (χ4v) is 2.89. The third kappa shape index (κ3) is 4.17. The summed E-state index contributed by atoms with van der Waals surface area (Å²) in [5.41, 5.74) is 0.126. The highest BCUT2D eigenvalue weighted by Gasteiger charge is 2.27. The Morgan fingerprint density at radius 2 is 2.30 bits per heavy atom. The Morgan fingerprint density at radius 3 is 2.90 bits per heavy atom. The van der Waals surface area contributed by atoms with E-state index in [1.807, 2.05) is 0 Å². The lowest BCUT2D eigenvalue weighted by atomic mass is 9.83. The van der Waals surface area contributed by atoms with Crippen molar-refractivity contribution in [1.82, 2.24) is 10.6 Å². The van der Waals surface area contributed by atoms with Gasteiger partial charge in [0, 0.05) is 17.6 Å². The lowest BCUT2D eigenvalue weighted by Gasteiger charge is -2.34. The first-order valence-electron chi connectivity index (χ1n) is 6.45. The van der Waals surface area contributed by atoms with E-state index in [-0.39, 0.29) is 29.3 Å². The van der Waals surface area contributed by atoms with Gasteiger partial charge in [-0.1, -0.05) is 13.0 Å². The van der Waals surface area contributed by atoms with E-state index >= 15 is 0 Å². The van der Waals surface area contributed by atoms with Crippen molar-refractivity contribution in [3.05, 3.63) is 34.1 Å². The Labute approximate surface area is 133 Å². The van der Waals surface area contributed by atoms with Crippen molar-refractivity contribution < 1.29 is 9.18 Å². The minimum Gasteiger partial charge on any atom is -0.351 e. The average Bonchev–Trinajstić information content (AvgIpc) is 2.37. The topological polar surface area (TPSA) is 41.1 Å². The lowest BCUT2D eigenvalue weighted by molar-refractivity contribution is 0.0920. The molecule has 1 aromatic carbocycles. The zero-order valence-corrected chi connectivity index (χ0v) is 13.7. The molecule has 1 heterocycles. The molecule has 0 saturated carbocycles. The smallest absolute Gasteiger partial charge is 0.255 e. The van der Waals surface area contributed by atoms with E-state index in [1.54, 1.807) is 12.1 Å². The van der Waals surface area contributed by atoms with Gasteiger partial charge in [-0.05, 0) is 52.9 Å². The summed E-state index contributed by atoms with van der Waals surface area (Å²) in [7, 11) is 0. The number of nitrogens with one attached hydrogen (secondary N) is 2. The third-order valence-corrected chi connectivity index (χ3v) is 4.21. The zero-order valence-electron chi connectivity index (χ0n) is 11.3. The molecule has 112 valence electrons. The maximum Gasteiger partial charge on any atom is 0.255 e. The summed E-state index contributed by atoms with van der Waals surface area (Å²) in [6.45, 7) is 4.60. The molecule has 0 spiro atoms. The van der Waals surface area contributed by atoms with Crippen LogP contribution in [0.2, 0.25) is 0 Å². The van der Waals surface area contributed by atoms with Crippen LogP contribution in [0.1, 0.15) is 30.1 Å².